The van der Waals surface area contributed by atoms with Gasteiger partial charge in [-0.15, -0.1) is 0 Å². The van der Waals surface area contributed by atoms with E-state index < -0.39 is 5.60 Å². The molecule has 0 aliphatic heterocycles. The van der Waals surface area contributed by atoms with Crippen molar-refractivity contribution in [3.8, 4) is 0 Å². The SMILES string of the molecule is CCCCCC(CC)CC(O)(CC)C(=O)COBNBNP. The predicted octanol–water partition coefficient (Wildman–Crippen LogP) is 1.21. The van der Waals surface area contributed by atoms with Crippen LogP contribution in [-0.4, -0.2) is 38.3 Å². The van der Waals surface area contributed by atoms with Gasteiger partial charge in [0.25, 0.3) is 7.55 Å². The Hall–Kier alpha value is 0.0699. The number of carbonyl (C=O) groups excluding carboxylic acids is 1. The van der Waals surface area contributed by atoms with Gasteiger partial charge in [-0.05, 0) is 18.8 Å². The van der Waals surface area contributed by atoms with Crippen molar-refractivity contribution in [3.63, 3.8) is 0 Å². The summed E-state index contributed by atoms with van der Waals surface area (Å²) in [6, 6.07) is 0. The number of rotatable bonds is 15. The van der Waals surface area contributed by atoms with E-state index in [1.54, 1.807) is 0 Å². The third-order valence-corrected chi connectivity index (χ3v) is 4.39. The van der Waals surface area contributed by atoms with Crippen LogP contribution in [0, 0.1) is 5.92 Å². The van der Waals surface area contributed by atoms with Crippen molar-refractivity contribution >= 4 is 30.3 Å². The maximum Gasteiger partial charge on any atom is 0.350 e. The van der Waals surface area contributed by atoms with Gasteiger partial charge in [0.1, 0.15) is 5.60 Å². The lowest BCUT2D eigenvalue weighted by Crippen LogP contribution is -2.43. The Labute approximate surface area is 139 Å². The minimum Gasteiger partial charge on any atom is -0.417 e. The van der Waals surface area contributed by atoms with Crippen LogP contribution in [0.25, 0.3) is 0 Å². The van der Waals surface area contributed by atoms with Gasteiger partial charge in [0.05, 0.1) is 6.61 Å². The molecule has 0 aliphatic carbocycles. The molecular formula is C14H33B2N2O3P. The molecule has 3 N–H and O–H groups in total. The Kier molecular flexibility index (Phi) is 13.5. The number of carbonyl (C=O) groups is 1. The van der Waals surface area contributed by atoms with Gasteiger partial charge in [-0.25, -0.2) is 0 Å². The van der Waals surface area contributed by atoms with E-state index in [0.717, 1.165) is 12.8 Å². The Bertz CT molecular complexity index is 301. The van der Waals surface area contributed by atoms with Crippen molar-refractivity contribution < 1.29 is 14.6 Å². The molecule has 5 nitrogen and oxygen atoms in total. The second kappa shape index (κ2) is 13.5. The molecule has 0 saturated heterocycles. The molecule has 0 amide bonds. The fourth-order valence-corrected chi connectivity index (χ4v) is 2.68. The molecule has 3 atom stereocenters. The largest absolute Gasteiger partial charge is 0.417 e. The van der Waals surface area contributed by atoms with Crippen LogP contribution >= 0.6 is 9.39 Å². The Balaban J connectivity index is 4.30. The van der Waals surface area contributed by atoms with Crippen LogP contribution in [0.1, 0.15) is 65.7 Å². The molecule has 0 spiro atoms. The van der Waals surface area contributed by atoms with Crippen molar-refractivity contribution in [1.29, 1.82) is 0 Å². The molecule has 0 aromatic rings. The summed E-state index contributed by atoms with van der Waals surface area (Å²) in [4.78, 5) is 15.1. The van der Waals surface area contributed by atoms with E-state index in [-0.39, 0.29) is 12.4 Å². The van der Waals surface area contributed by atoms with E-state index in [1.165, 1.54) is 19.3 Å². The Morgan fingerprint density at radius 1 is 1.36 bits per heavy atom. The van der Waals surface area contributed by atoms with Gasteiger partial charge in [-0.1, -0.05) is 62.3 Å². The van der Waals surface area contributed by atoms with Gasteiger partial charge in [0.2, 0.25) is 0 Å². The highest BCUT2D eigenvalue weighted by atomic mass is 31.0. The Morgan fingerprint density at radius 3 is 2.64 bits per heavy atom. The average molecular weight is 330 g/mol. The smallest absolute Gasteiger partial charge is 0.350 e. The first-order chi connectivity index (χ1) is 10.5. The lowest BCUT2D eigenvalue weighted by atomic mass is 9.81. The number of hydrogen-bond acceptors (Lipinski definition) is 5. The van der Waals surface area contributed by atoms with Crippen LogP contribution < -0.4 is 10.1 Å². The lowest BCUT2D eigenvalue weighted by molar-refractivity contribution is -0.142. The third-order valence-electron chi connectivity index (χ3n) is 4.19. The quantitative estimate of drug-likeness (QED) is 0.239. The van der Waals surface area contributed by atoms with Crippen LogP contribution in [0.4, 0.5) is 0 Å². The van der Waals surface area contributed by atoms with Crippen molar-refractivity contribution in [3.05, 3.63) is 0 Å². The van der Waals surface area contributed by atoms with Crippen LogP contribution in [0.2, 0.25) is 0 Å². The van der Waals surface area contributed by atoms with Gasteiger partial charge < -0.3 is 19.9 Å². The lowest BCUT2D eigenvalue weighted by Gasteiger charge is -2.29. The first kappa shape index (κ1) is 22.1. The Morgan fingerprint density at radius 2 is 2.09 bits per heavy atom. The number of nitrogens with one attached hydrogen (secondary N) is 2. The van der Waals surface area contributed by atoms with Crippen LogP contribution in [0.3, 0.4) is 0 Å². The van der Waals surface area contributed by atoms with Crippen molar-refractivity contribution in [1.82, 2.24) is 10.1 Å². The number of Topliss-reactive ketones (excluding diaryl/α,β-unsaturated/α-hetero) is 1. The normalized spacial score (nSPS) is 15.1. The molecule has 22 heavy (non-hydrogen) atoms. The number of hydrogen-bond donors (Lipinski definition) is 3. The first-order valence-electron chi connectivity index (χ1n) is 8.51. The fraction of sp³-hybridized carbons (Fsp3) is 0.929. The zero-order chi connectivity index (χ0) is 16.8. The maximum absolute atomic E-state index is 12.3. The summed E-state index contributed by atoms with van der Waals surface area (Å²) in [5.41, 5.74) is -1.24. The van der Waals surface area contributed by atoms with Crippen LogP contribution in [-0.2, 0) is 9.45 Å². The molecule has 128 valence electrons. The molecule has 0 aromatic carbocycles. The monoisotopic (exact) mass is 330 g/mol. The van der Waals surface area contributed by atoms with Gasteiger partial charge >= 0.3 is 7.62 Å². The van der Waals surface area contributed by atoms with Gasteiger partial charge in [-0.3, -0.25) is 4.79 Å². The molecule has 8 heteroatoms. The molecule has 3 unspecified atom stereocenters. The van der Waals surface area contributed by atoms with E-state index in [1.807, 2.05) is 6.92 Å². The molecule has 0 aliphatic rings. The number of aliphatic hydroxyl groups is 1. The summed E-state index contributed by atoms with van der Waals surface area (Å²) in [6.45, 7) is 6.14. The van der Waals surface area contributed by atoms with Crippen molar-refractivity contribution in [2.24, 2.45) is 5.92 Å². The van der Waals surface area contributed by atoms with E-state index >= 15 is 0 Å². The zero-order valence-corrected chi connectivity index (χ0v) is 15.6. The van der Waals surface area contributed by atoms with Crippen molar-refractivity contribution in [2.75, 3.05) is 6.61 Å². The average Bonchev–Trinajstić information content (AvgIpc) is 2.53. The molecule has 0 fully saturated rings. The highest BCUT2D eigenvalue weighted by molar-refractivity contribution is 7.16. The second-order valence-electron chi connectivity index (χ2n) is 5.91. The van der Waals surface area contributed by atoms with Gasteiger partial charge in [-0.2, -0.15) is 0 Å². The van der Waals surface area contributed by atoms with E-state index in [0.29, 0.717) is 33.9 Å². The second-order valence-corrected chi connectivity index (χ2v) is 6.31. The van der Waals surface area contributed by atoms with Crippen LogP contribution in [0.15, 0.2) is 0 Å². The van der Waals surface area contributed by atoms with Crippen molar-refractivity contribution in [2.45, 2.75) is 71.3 Å². The van der Waals surface area contributed by atoms with Crippen LogP contribution in [0.5, 0.6) is 0 Å². The molecule has 0 radical (unpaired) electrons. The highest BCUT2D eigenvalue weighted by Crippen LogP contribution is 2.27. The highest BCUT2D eigenvalue weighted by Gasteiger charge is 2.35. The standard InChI is InChI=1S/C14H33B2N2O3P/c1-4-7-8-9-12(5-2)10-14(20,6-3)13(19)11-21-16-17-15-18-22/h12,15-18,20H,4-11,22H2,1-3H3. The molecule has 0 aromatic heterocycles. The summed E-state index contributed by atoms with van der Waals surface area (Å²) < 4.78 is 5.29. The minimum atomic E-state index is -1.24. The maximum atomic E-state index is 12.3. The van der Waals surface area contributed by atoms with E-state index in [4.69, 9.17) is 4.65 Å². The number of ketones is 1. The molecular weight excluding hydrogens is 297 g/mol. The summed E-state index contributed by atoms with van der Waals surface area (Å²) in [6.07, 6.45) is 6.66. The number of unbranched alkanes of at least 4 members (excludes halogenated alkanes) is 2. The summed E-state index contributed by atoms with van der Waals surface area (Å²) in [5.74, 6) is 0.199. The predicted molar refractivity (Wildman–Crippen MR) is 99.0 cm³/mol. The molecule has 0 bridgehead atoms. The minimum absolute atomic E-state index is 0.0421. The molecule has 0 saturated carbocycles. The van der Waals surface area contributed by atoms with E-state index in [9.17, 15) is 9.90 Å². The summed E-state index contributed by atoms with van der Waals surface area (Å²) in [7, 11) is 3.26. The summed E-state index contributed by atoms with van der Waals surface area (Å²) >= 11 is 0. The fourth-order valence-electron chi connectivity index (χ4n) is 2.54. The van der Waals surface area contributed by atoms with Gasteiger partial charge in [0.15, 0.2) is 5.78 Å². The zero-order valence-electron chi connectivity index (χ0n) is 14.5. The molecule has 0 heterocycles. The third kappa shape index (κ3) is 9.26. The van der Waals surface area contributed by atoms with E-state index in [2.05, 4.69) is 33.4 Å². The van der Waals surface area contributed by atoms with Gasteiger partial charge in [0, 0.05) is 0 Å². The topological polar surface area (TPSA) is 70.6 Å². The first-order valence-corrected chi connectivity index (χ1v) is 9.09. The summed E-state index contributed by atoms with van der Waals surface area (Å²) in [5, 5.41) is 13.6. The molecule has 0 rings (SSSR count).